The molecular weight excluding hydrogens is 221 g/mol. The average Bonchev–Trinajstić information content (AvgIpc) is 1.96. The summed E-state index contributed by atoms with van der Waals surface area (Å²) in [6.07, 6.45) is -2.30. The first-order valence-corrected chi connectivity index (χ1v) is 4.63. The van der Waals surface area contributed by atoms with Crippen molar-refractivity contribution < 1.29 is 38.7 Å². The molecule has 9 nitrogen and oxygen atoms in total. The van der Waals surface area contributed by atoms with Gasteiger partial charge in [-0.2, -0.15) is 0 Å². The number of aliphatic carboxylic acids is 2. The van der Waals surface area contributed by atoms with Crippen LogP contribution in [0.1, 0.15) is 0 Å². The van der Waals surface area contributed by atoms with Crippen molar-refractivity contribution in [3.8, 4) is 0 Å². The monoisotopic (exact) mass is 229 g/mol. The summed E-state index contributed by atoms with van der Waals surface area (Å²) in [5, 5.41) is 16.6. The first-order valence-electron chi connectivity index (χ1n) is 3.10. The quantitative estimate of drug-likeness (QED) is 0.333. The maximum absolute atomic E-state index is 10.3. The van der Waals surface area contributed by atoms with Crippen LogP contribution in [0, 0.1) is 0 Å². The lowest BCUT2D eigenvalue weighted by atomic mass is 10.2. The third-order valence-corrected chi connectivity index (χ3v) is 1.61. The molecule has 82 valence electrons. The Hall–Kier alpha value is -0.990. The van der Waals surface area contributed by atoms with Gasteiger partial charge in [-0.3, -0.25) is 9.32 Å². The fraction of sp³-hybridized carbons (Fsp3) is 0.500. The molecule has 0 aromatic carbocycles. The van der Waals surface area contributed by atoms with Crippen molar-refractivity contribution in [2.45, 2.75) is 12.1 Å². The highest BCUT2D eigenvalue weighted by Crippen LogP contribution is 2.38. The van der Waals surface area contributed by atoms with Crippen LogP contribution in [-0.4, -0.2) is 44.1 Å². The van der Waals surface area contributed by atoms with Crippen LogP contribution in [0.25, 0.3) is 0 Å². The SMILES string of the molecule is N[C@H](C(=O)O)C(OP(=O)(O)O)C(=O)O. The molecule has 0 aliphatic rings. The van der Waals surface area contributed by atoms with Gasteiger partial charge in [0.2, 0.25) is 0 Å². The van der Waals surface area contributed by atoms with Gasteiger partial charge in [0.15, 0.2) is 6.10 Å². The Morgan fingerprint density at radius 1 is 1.21 bits per heavy atom. The van der Waals surface area contributed by atoms with Gasteiger partial charge < -0.3 is 25.7 Å². The van der Waals surface area contributed by atoms with E-state index in [-0.39, 0.29) is 0 Å². The summed E-state index contributed by atoms with van der Waals surface area (Å²) in [7, 11) is -5.09. The highest BCUT2D eigenvalue weighted by molar-refractivity contribution is 7.46. The van der Waals surface area contributed by atoms with Gasteiger partial charge in [-0.15, -0.1) is 0 Å². The second kappa shape index (κ2) is 4.49. The Balaban J connectivity index is 4.70. The first-order chi connectivity index (χ1) is 6.15. The van der Waals surface area contributed by atoms with Crippen LogP contribution in [0.5, 0.6) is 0 Å². The van der Waals surface area contributed by atoms with E-state index in [1.54, 1.807) is 0 Å². The summed E-state index contributed by atoms with van der Waals surface area (Å²) in [4.78, 5) is 37.0. The summed E-state index contributed by atoms with van der Waals surface area (Å²) in [5.41, 5.74) is 4.82. The molecule has 0 radical (unpaired) electrons. The number of hydrogen-bond donors (Lipinski definition) is 5. The van der Waals surface area contributed by atoms with Crippen LogP contribution in [-0.2, 0) is 18.7 Å². The number of carboxylic acid groups (broad SMARTS) is 2. The number of rotatable bonds is 5. The van der Waals surface area contributed by atoms with Gasteiger partial charge >= 0.3 is 19.8 Å². The van der Waals surface area contributed by atoms with E-state index in [0.29, 0.717) is 0 Å². The Bertz CT molecular complexity index is 283. The molecule has 0 spiro atoms. The van der Waals surface area contributed by atoms with E-state index < -0.39 is 31.9 Å². The lowest BCUT2D eigenvalue weighted by Gasteiger charge is -2.16. The number of phosphoric ester groups is 1. The zero-order chi connectivity index (χ0) is 11.5. The fourth-order valence-corrected chi connectivity index (χ4v) is 1.06. The summed E-state index contributed by atoms with van der Waals surface area (Å²) in [6.45, 7) is 0. The number of phosphoric acid groups is 1. The molecule has 0 heterocycles. The number of carboxylic acids is 2. The number of hydrogen-bond acceptors (Lipinski definition) is 5. The normalized spacial score (nSPS) is 15.9. The van der Waals surface area contributed by atoms with Crippen LogP contribution >= 0.6 is 7.82 Å². The van der Waals surface area contributed by atoms with Crippen molar-refractivity contribution in [3.05, 3.63) is 0 Å². The molecule has 1 unspecified atom stereocenters. The number of nitrogens with two attached hydrogens (primary N) is 1. The zero-order valence-corrected chi connectivity index (χ0v) is 7.50. The third-order valence-electron chi connectivity index (χ3n) is 1.11. The molecule has 0 fully saturated rings. The molecule has 0 aromatic heterocycles. The molecule has 0 rings (SSSR count). The molecule has 14 heavy (non-hydrogen) atoms. The van der Waals surface area contributed by atoms with E-state index in [0.717, 1.165) is 0 Å². The average molecular weight is 229 g/mol. The van der Waals surface area contributed by atoms with E-state index in [1.165, 1.54) is 0 Å². The van der Waals surface area contributed by atoms with E-state index in [9.17, 15) is 14.2 Å². The molecule has 6 N–H and O–H groups in total. The second-order valence-corrected chi connectivity index (χ2v) is 3.41. The zero-order valence-electron chi connectivity index (χ0n) is 6.60. The van der Waals surface area contributed by atoms with Gasteiger partial charge in [-0.1, -0.05) is 0 Å². The summed E-state index contributed by atoms with van der Waals surface area (Å²) in [6, 6.07) is -2.06. The van der Waals surface area contributed by atoms with Crippen LogP contribution in [0.4, 0.5) is 0 Å². The molecule has 0 amide bonds. The molecule has 0 aliphatic heterocycles. The highest BCUT2D eigenvalue weighted by Gasteiger charge is 2.37. The summed E-state index contributed by atoms with van der Waals surface area (Å²) in [5.74, 6) is -3.62. The lowest BCUT2D eigenvalue weighted by Crippen LogP contribution is -2.47. The van der Waals surface area contributed by atoms with Crippen LogP contribution < -0.4 is 5.73 Å². The fourth-order valence-electron chi connectivity index (χ4n) is 0.542. The number of carbonyl (C=O) groups is 2. The molecule has 0 saturated heterocycles. The molecule has 0 saturated carbocycles. The molecular formula is C4H8NO8P. The van der Waals surface area contributed by atoms with Gasteiger partial charge in [0.1, 0.15) is 6.04 Å². The molecule has 10 heteroatoms. The minimum Gasteiger partial charge on any atom is -0.480 e. The topological polar surface area (TPSA) is 167 Å². The van der Waals surface area contributed by atoms with Gasteiger partial charge in [0, 0.05) is 0 Å². The van der Waals surface area contributed by atoms with Crippen molar-refractivity contribution in [1.82, 2.24) is 0 Å². The van der Waals surface area contributed by atoms with Crippen molar-refractivity contribution in [1.29, 1.82) is 0 Å². The minimum absolute atomic E-state index is 1.74. The molecule has 0 aromatic rings. The van der Waals surface area contributed by atoms with E-state index in [1.807, 2.05) is 0 Å². The Morgan fingerprint density at radius 2 is 1.64 bits per heavy atom. The van der Waals surface area contributed by atoms with Crippen molar-refractivity contribution >= 4 is 19.8 Å². The van der Waals surface area contributed by atoms with E-state index in [2.05, 4.69) is 4.52 Å². The van der Waals surface area contributed by atoms with E-state index in [4.69, 9.17) is 25.7 Å². The largest absolute Gasteiger partial charge is 0.480 e. The van der Waals surface area contributed by atoms with Crippen LogP contribution in [0.15, 0.2) is 0 Å². The standard InChI is InChI=1S/C4H8NO8P/c5-1(3(6)7)2(4(8)9)13-14(10,11)12/h1-2H,5H2,(H,6,7)(H,8,9)(H2,10,11,12)/t1-,2?/m0/s1. The van der Waals surface area contributed by atoms with Gasteiger partial charge in [0.25, 0.3) is 0 Å². The van der Waals surface area contributed by atoms with Crippen molar-refractivity contribution in [2.24, 2.45) is 5.73 Å². The maximum Gasteiger partial charge on any atom is 0.470 e. The first kappa shape index (κ1) is 13.0. The predicted molar refractivity (Wildman–Crippen MR) is 40.2 cm³/mol. The molecule has 0 aliphatic carbocycles. The maximum atomic E-state index is 10.3. The second-order valence-electron chi connectivity index (χ2n) is 2.22. The van der Waals surface area contributed by atoms with Crippen molar-refractivity contribution in [3.63, 3.8) is 0 Å². The summed E-state index contributed by atoms with van der Waals surface area (Å²) < 4.78 is 13.9. The third kappa shape index (κ3) is 4.30. The van der Waals surface area contributed by atoms with Crippen LogP contribution in [0.2, 0.25) is 0 Å². The minimum atomic E-state index is -5.09. The predicted octanol–water partition coefficient (Wildman–Crippen LogP) is -2.04. The van der Waals surface area contributed by atoms with Crippen molar-refractivity contribution in [2.75, 3.05) is 0 Å². The van der Waals surface area contributed by atoms with Crippen LogP contribution in [0.3, 0.4) is 0 Å². The van der Waals surface area contributed by atoms with Gasteiger partial charge in [-0.05, 0) is 0 Å². The lowest BCUT2D eigenvalue weighted by molar-refractivity contribution is -0.154. The Labute approximate surface area is 77.3 Å². The molecule has 0 bridgehead atoms. The Morgan fingerprint density at radius 3 is 1.86 bits per heavy atom. The smallest absolute Gasteiger partial charge is 0.470 e. The highest BCUT2D eigenvalue weighted by atomic mass is 31.2. The summed E-state index contributed by atoms with van der Waals surface area (Å²) >= 11 is 0. The Kier molecular flexibility index (Phi) is 4.17. The van der Waals surface area contributed by atoms with Gasteiger partial charge in [-0.25, -0.2) is 9.36 Å². The van der Waals surface area contributed by atoms with Gasteiger partial charge in [0.05, 0.1) is 0 Å². The molecule has 2 atom stereocenters. The van der Waals surface area contributed by atoms with E-state index >= 15 is 0 Å².